The van der Waals surface area contributed by atoms with E-state index in [9.17, 15) is 4.79 Å². The molecule has 0 atom stereocenters. The van der Waals surface area contributed by atoms with Gasteiger partial charge in [0, 0.05) is 17.3 Å². The number of benzene rings is 2. The molecule has 128 valence electrons. The van der Waals surface area contributed by atoms with Gasteiger partial charge in [-0.1, -0.05) is 12.1 Å². The summed E-state index contributed by atoms with van der Waals surface area (Å²) in [6, 6.07) is 15.3. The summed E-state index contributed by atoms with van der Waals surface area (Å²) in [4.78, 5) is 16.2. The standard InChI is InChI=1S/C20H21N3O2/c1-14-10-15(2)12-17(11-14)23-20(24)22-8-9-25-18-5-6-19-16(13-18)4-3-7-21-19/h3-7,10-13H,8-9H2,1-2H3,(H2,22,23,24). The highest BCUT2D eigenvalue weighted by atomic mass is 16.5. The molecule has 0 aliphatic carbocycles. The minimum atomic E-state index is -0.240. The van der Waals surface area contributed by atoms with Gasteiger partial charge in [0.25, 0.3) is 0 Å². The number of pyridine rings is 1. The topological polar surface area (TPSA) is 63.2 Å². The van der Waals surface area contributed by atoms with Crippen molar-refractivity contribution >= 4 is 22.6 Å². The number of amides is 2. The molecule has 25 heavy (non-hydrogen) atoms. The highest BCUT2D eigenvalue weighted by Gasteiger charge is 2.03. The van der Waals surface area contributed by atoms with E-state index in [0.29, 0.717) is 13.2 Å². The summed E-state index contributed by atoms with van der Waals surface area (Å²) in [5, 5.41) is 6.65. The van der Waals surface area contributed by atoms with E-state index in [-0.39, 0.29) is 6.03 Å². The van der Waals surface area contributed by atoms with Crippen molar-refractivity contribution in [2.45, 2.75) is 13.8 Å². The highest BCUT2D eigenvalue weighted by molar-refractivity contribution is 5.89. The van der Waals surface area contributed by atoms with Crippen molar-refractivity contribution < 1.29 is 9.53 Å². The van der Waals surface area contributed by atoms with Crippen LogP contribution in [0.5, 0.6) is 5.75 Å². The first-order valence-electron chi connectivity index (χ1n) is 8.21. The number of aryl methyl sites for hydroxylation is 2. The molecule has 0 aliphatic heterocycles. The summed E-state index contributed by atoms with van der Waals surface area (Å²) in [5.41, 5.74) is 3.95. The molecule has 2 amide bonds. The van der Waals surface area contributed by atoms with Gasteiger partial charge in [-0.2, -0.15) is 0 Å². The Morgan fingerprint density at radius 1 is 1.08 bits per heavy atom. The van der Waals surface area contributed by atoms with Crippen LogP contribution in [-0.4, -0.2) is 24.2 Å². The molecule has 0 bridgehead atoms. The second kappa shape index (κ2) is 7.66. The van der Waals surface area contributed by atoms with Gasteiger partial charge in [-0.25, -0.2) is 4.79 Å². The van der Waals surface area contributed by atoms with Crippen LogP contribution < -0.4 is 15.4 Å². The fourth-order valence-electron chi connectivity index (χ4n) is 2.70. The number of nitrogens with one attached hydrogen (secondary N) is 2. The van der Waals surface area contributed by atoms with E-state index >= 15 is 0 Å². The van der Waals surface area contributed by atoms with E-state index < -0.39 is 0 Å². The summed E-state index contributed by atoms with van der Waals surface area (Å²) < 4.78 is 5.68. The lowest BCUT2D eigenvalue weighted by molar-refractivity contribution is 0.247. The van der Waals surface area contributed by atoms with Gasteiger partial charge in [-0.15, -0.1) is 0 Å². The van der Waals surface area contributed by atoms with Crippen LogP contribution in [0.1, 0.15) is 11.1 Å². The quantitative estimate of drug-likeness (QED) is 0.691. The van der Waals surface area contributed by atoms with Gasteiger partial charge in [0.05, 0.1) is 12.1 Å². The van der Waals surface area contributed by atoms with Gasteiger partial charge >= 0.3 is 6.03 Å². The summed E-state index contributed by atoms with van der Waals surface area (Å²) in [7, 11) is 0. The summed E-state index contributed by atoms with van der Waals surface area (Å²) in [5.74, 6) is 0.761. The number of nitrogens with zero attached hydrogens (tertiary/aromatic N) is 1. The van der Waals surface area contributed by atoms with Crippen LogP contribution in [0.3, 0.4) is 0 Å². The van der Waals surface area contributed by atoms with Gasteiger partial charge in [-0.05, 0) is 61.4 Å². The molecule has 5 nitrogen and oxygen atoms in total. The number of carbonyl (C=O) groups excluding carboxylic acids is 1. The van der Waals surface area contributed by atoms with Crippen molar-refractivity contribution in [3.63, 3.8) is 0 Å². The molecule has 3 aromatic rings. The molecule has 2 aromatic carbocycles. The average Bonchev–Trinajstić information content (AvgIpc) is 2.57. The molecule has 0 radical (unpaired) electrons. The van der Waals surface area contributed by atoms with Crippen molar-refractivity contribution in [1.29, 1.82) is 0 Å². The van der Waals surface area contributed by atoms with E-state index in [2.05, 4.69) is 21.7 Å². The van der Waals surface area contributed by atoms with Gasteiger partial charge in [-0.3, -0.25) is 4.98 Å². The van der Waals surface area contributed by atoms with Crippen LogP contribution in [-0.2, 0) is 0 Å². The second-order valence-electron chi connectivity index (χ2n) is 5.96. The third-order valence-electron chi connectivity index (χ3n) is 3.71. The zero-order chi connectivity index (χ0) is 17.6. The lowest BCUT2D eigenvalue weighted by Crippen LogP contribution is -2.32. The van der Waals surface area contributed by atoms with Crippen molar-refractivity contribution in [3.05, 3.63) is 65.9 Å². The lowest BCUT2D eigenvalue weighted by atomic mass is 10.1. The molecule has 1 aromatic heterocycles. The molecule has 3 rings (SSSR count). The maximum absolute atomic E-state index is 11.9. The zero-order valence-electron chi connectivity index (χ0n) is 14.4. The molecule has 0 spiro atoms. The Bertz CT molecular complexity index is 873. The Balaban J connectivity index is 1.46. The van der Waals surface area contributed by atoms with E-state index in [1.807, 2.05) is 56.3 Å². The van der Waals surface area contributed by atoms with Gasteiger partial charge < -0.3 is 15.4 Å². The zero-order valence-corrected chi connectivity index (χ0v) is 14.4. The van der Waals surface area contributed by atoms with Gasteiger partial charge in [0.15, 0.2) is 0 Å². The largest absolute Gasteiger partial charge is 0.492 e. The number of ether oxygens (including phenoxy) is 1. The fraction of sp³-hybridized carbons (Fsp3) is 0.200. The minimum Gasteiger partial charge on any atom is -0.492 e. The van der Waals surface area contributed by atoms with Crippen LogP contribution >= 0.6 is 0 Å². The Labute approximate surface area is 147 Å². The van der Waals surface area contributed by atoms with Crippen molar-refractivity contribution in [3.8, 4) is 5.75 Å². The normalized spacial score (nSPS) is 10.5. The predicted molar refractivity (Wildman–Crippen MR) is 100 cm³/mol. The molecule has 1 heterocycles. The first kappa shape index (κ1) is 16.8. The molecule has 2 N–H and O–H groups in total. The van der Waals surface area contributed by atoms with Crippen LogP contribution in [0, 0.1) is 13.8 Å². The Morgan fingerprint density at radius 3 is 2.68 bits per heavy atom. The lowest BCUT2D eigenvalue weighted by Gasteiger charge is -2.10. The molecule has 0 saturated carbocycles. The SMILES string of the molecule is Cc1cc(C)cc(NC(=O)NCCOc2ccc3ncccc3c2)c1. The van der Waals surface area contributed by atoms with Crippen LogP contribution in [0.25, 0.3) is 10.9 Å². The van der Waals surface area contributed by atoms with E-state index in [1.165, 1.54) is 0 Å². The molecule has 0 saturated heterocycles. The maximum Gasteiger partial charge on any atom is 0.319 e. The molecule has 0 unspecified atom stereocenters. The van der Waals surface area contributed by atoms with Crippen molar-refractivity contribution in [2.75, 3.05) is 18.5 Å². The first-order valence-corrected chi connectivity index (χ1v) is 8.21. The first-order chi connectivity index (χ1) is 12.1. The number of urea groups is 1. The third kappa shape index (κ3) is 4.70. The van der Waals surface area contributed by atoms with E-state index in [1.54, 1.807) is 6.20 Å². The van der Waals surface area contributed by atoms with Crippen LogP contribution in [0.4, 0.5) is 10.5 Å². The Morgan fingerprint density at radius 2 is 1.88 bits per heavy atom. The monoisotopic (exact) mass is 335 g/mol. The van der Waals surface area contributed by atoms with Crippen molar-refractivity contribution in [2.24, 2.45) is 0 Å². The number of carbonyl (C=O) groups is 1. The minimum absolute atomic E-state index is 0.240. The Kier molecular flexibility index (Phi) is 5.14. The van der Waals surface area contributed by atoms with Gasteiger partial charge in [0.1, 0.15) is 12.4 Å². The number of fused-ring (bicyclic) bond motifs is 1. The predicted octanol–water partition coefficient (Wildman–Crippen LogP) is 4.05. The average molecular weight is 335 g/mol. The van der Waals surface area contributed by atoms with E-state index in [0.717, 1.165) is 33.5 Å². The molecule has 0 fully saturated rings. The fourth-order valence-corrected chi connectivity index (χ4v) is 2.70. The maximum atomic E-state index is 11.9. The smallest absolute Gasteiger partial charge is 0.319 e. The summed E-state index contributed by atoms with van der Waals surface area (Å²) in [6.07, 6.45) is 1.76. The number of anilines is 1. The summed E-state index contributed by atoms with van der Waals surface area (Å²) >= 11 is 0. The molecule has 5 heteroatoms. The number of aromatic nitrogens is 1. The molecular weight excluding hydrogens is 314 g/mol. The van der Waals surface area contributed by atoms with Gasteiger partial charge in [0.2, 0.25) is 0 Å². The number of hydrogen-bond acceptors (Lipinski definition) is 3. The summed E-state index contributed by atoms with van der Waals surface area (Å²) in [6.45, 7) is 4.82. The molecular formula is C20H21N3O2. The van der Waals surface area contributed by atoms with Crippen molar-refractivity contribution in [1.82, 2.24) is 10.3 Å². The second-order valence-corrected chi connectivity index (χ2v) is 5.96. The van der Waals surface area contributed by atoms with Crippen LogP contribution in [0.15, 0.2) is 54.7 Å². The highest BCUT2D eigenvalue weighted by Crippen LogP contribution is 2.18. The molecule has 0 aliphatic rings. The van der Waals surface area contributed by atoms with Crippen LogP contribution in [0.2, 0.25) is 0 Å². The van der Waals surface area contributed by atoms with E-state index in [4.69, 9.17) is 4.74 Å². The third-order valence-corrected chi connectivity index (χ3v) is 3.71. The number of rotatable bonds is 5. The number of hydrogen-bond donors (Lipinski definition) is 2. The Hall–Kier alpha value is -3.08.